The van der Waals surface area contributed by atoms with Gasteiger partial charge in [0, 0.05) is 12.1 Å². The molecule has 126 valence electrons. The molecule has 0 fully saturated rings. The standard InChI is InChI=1S/C12H22N4O6/c1-7(15(3-9(13)17)5-11(19)20)8(2)16(4-10(14)18)6-12(21)22/h7-8H,3-6H2,1-2H3,(H2,13,17)(H2,14,18)(H,19,20)(H,21,22). The lowest BCUT2D eigenvalue weighted by molar-refractivity contribution is -0.142. The van der Waals surface area contributed by atoms with Crippen molar-refractivity contribution in [1.29, 1.82) is 0 Å². The van der Waals surface area contributed by atoms with E-state index in [-0.39, 0.29) is 13.1 Å². The topological polar surface area (TPSA) is 167 Å². The third-order valence-electron chi connectivity index (χ3n) is 3.24. The number of nitrogens with zero attached hydrogens (tertiary/aromatic N) is 2. The molecule has 0 saturated heterocycles. The number of amides is 2. The van der Waals surface area contributed by atoms with Gasteiger partial charge in [-0.15, -0.1) is 0 Å². The number of hydrogen-bond acceptors (Lipinski definition) is 6. The third-order valence-corrected chi connectivity index (χ3v) is 3.24. The van der Waals surface area contributed by atoms with Crippen molar-refractivity contribution >= 4 is 23.8 Å². The van der Waals surface area contributed by atoms with Gasteiger partial charge in [-0.2, -0.15) is 0 Å². The number of carboxylic acid groups (broad SMARTS) is 2. The van der Waals surface area contributed by atoms with Crippen molar-refractivity contribution in [3.63, 3.8) is 0 Å². The summed E-state index contributed by atoms with van der Waals surface area (Å²) in [5, 5.41) is 17.8. The van der Waals surface area contributed by atoms with Crippen molar-refractivity contribution in [1.82, 2.24) is 9.80 Å². The van der Waals surface area contributed by atoms with Crippen LogP contribution in [0.3, 0.4) is 0 Å². The number of rotatable bonds is 11. The quantitative estimate of drug-likeness (QED) is 0.324. The molecule has 0 aromatic rings. The first-order valence-corrected chi connectivity index (χ1v) is 6.52. The van der Waals surface area contributed by atoms with Gasteiger partial charge in [0.1, 0.15) is 0 Å². The van der Waals surface area contributed by atoms with E-state index in [1.165, 1.54) is 9.80 Å². The Morgan fingerprint density at radius 2 is 1.05 bits per heavy atom. The van der Waals surface area contributed by atoms with Crippen LogP contribution in [0.5, 0.6) is 0 Å². The van der Waals surface area contributed by atoms with Crippen LogP contribution in [-0.4, -0.2) is 82.0 Å². The zero-order valence-electron chi connectivity index (χ0n) is 12.6. The first-order chi connectivity index (χ1) is 10.0. The Kier molecular flexibility index (Phi) is 8.05. The van der Waals surface area contributed by atoms with Crippen LogP contribution >= 0.6 is 0 Å². The van der Waals surface area contributed by atoms with Crippen LogP contribution in [0.25, 0.3) is 0 Å². The van der Waals surface area contributed by atoms with Gasteiger partial charge in [0.15, 0.2) is 0 Å². The minimum atomic E-state index is -1.15. The summed E-state index contributed by atoms with van der Waals surface area (Å²) < 4.78 is 0. The van der Waals surface area contributed by atoms with Gasteiger partial charge in [-0.25, -0.2) is 0 Å². The molecule has 0 rings (SSSR count). The van der Waals surface area contributed by atoms with E-state index < -0.39 is 48.9 Å². The Hall–Kier alpha value is -2.20. The highest BCUT2D eigenvalue weighted by Gasteiger charge is 2.29. The van der Waals surface area contributed by atoms with Gasteiger partial charge in [-0.05, 0) is 13.8 Å². The predicted molar refractivity (Wildman–Crippen MR) is 75.7 cm³/mol. The lowest BCUT2D eigenvalue weighted by atomic mass is 10.1. The summed E-state index contributed by atoms with van der Waals surface area (Å²) in [6.45, 7) is 1.77. The van der Waals surface area contributed by atoms with Gasteiger partial charge < -0.3 is 21.7 Å². The maximum Gasteiger partial charge on any atom is 0.317 e. The van der Waals surface area contributed by atoms with Crippen LogP contribution < -0.4 is 11.5 Å². The second-order valence-corrected chi connectivity index (χ2v) is 5.01. The number of nitrogens with two attached hydrogens (primary N) is 2. The second-order valence-electron chi connectivity index (χ2n) is 5.01. The number of carbonyl (C=O) groups excluding carboxylic acids is 2. The Bertz CT molecular complexity index is 369. The third kappa shape index (κ3) is 7.55. The maximum absolute atomic E-state index is 11.0. The van der Waals surface area contributed by atoms with Gasteiger partial charge >= 0.3 is 11.9 Å². The minimum Gasteiger partial charge on any atom is -0.480 e. The molecular formula is C12H22N4O6. The van der Waals surface area contributed by atoms with Crippen molar-refractivity contribution in [2.45, 2.75) is 25.9 Å². The fourth-order valence-electron chi connectivity index (χ4n) is 2.05. The maximum atomic E-state index is 11.0. The van der Waals surface area contributed by atoms with Crippen molar-refractivity contribution in [2.75, 3.05) is 26.2 Å². The van der Waals surface area contributed by atoms with E-state index in [0.717, 1.165) is 0 Å². The molecule has 2 atom stereocenters. The van der Waals surface area contributed by atoms with E-state index in [0.29, 0.717) is 0 Å². The van der Waals surface area contributed by atoms with Crippen LogP contribution in [0.1, 0.15) is 13.8 Å². The van der Waals surface area contributed by atoms with E-state index in [1.807, 2.05) is 0 Å². The van der Waals surface area contributed by atoms with Crippen molar-refractivity contribution in [2.24, 2.45) is 11.5 Å². The highest BCUT2D eigenvalue weighted by Crippen LogP contribution is 2.11. The second kappa shape index (κ2) is 8.95. The highest BCUT2D eigenvalue weighted by atomic mass is 16.4. The first-order valence-electron chi connectivity index (χ1n) is 6.52. The molecule has 2 unspecified atom stereocenters. The van der Waals surface area contributed by atoms with E-state index in [1.54, 1.807) is 13.8 Å². The number of aliphatic carboxylic acids is 2. The number of primary amides is 2. The lowest BCUT2D eigenvalue weighted by Crippen LogP contribution is -2.54. The molecule has 0 aliphatic heterocycles. The minimum absolute atomic E-state index is 0.296. The summed E-state index contributed by atoms with van der Waals surface area (Å²) in [4.78, 5) is 46.4. The zero-order valence-corrected chi connectivity index (χ0v) is 12.6. The summed E-state index contributed by atoms with van der Waals surface area (Å²) in [6.07, 6.45) is 0. The molecule has 0 heterocycles. The Morgan fingerprint density at radius 3 is 1.23 bits per heavy atom. The Morgan fingerprint density at radius 1 is 0.773 bits per heavy atom. The number of carbonyl (C=O) groups is 4. The molecule has 0 radical (unpaired) electrons. The fraction of sp³-hybridized carbons (Fsp3) is 0.667. The van der Waals surface area contributed by atoms with Crippen LogP contribution in [0.4, 0.5) is 0 Å². The molecule has 0 aromatic carbocycles. The molecule has 0 bridgehead atoms. The Balaban J connectivity index is 5.13. The lowest BCUT2D eigenvalue weighted by Gasteiger charge is -2.36. The van der Waals surface area contributed by atoms with Gasteiger partial charge in [0.25, 0.3) is 0 Å². The van der Waals surface area contributed by atoms with Crippen molar-refractivity contribution < 1.29 is 29.4 Å². The molecule has 0 spiro atoms. The molecule has 0 aliphatic rings. The molecule has 22 heavy (non-hydrogen) atoms. The largest absolute Gasteiger partial charge is 0.480 e. The number of carboxylic acids is 2. The van der Waals surface area contributed by atoms with Crippen LogP contribution in [-0.2, 0) is 19.2 Å². The van der Waals surface area contributed by atoms with Crippen LogP contribution in [0.2, 0.25) is 0 Å². The molecule has 0 aliphatic carbocycles. The molecule has 10 nitrogen and oxygen atoms in total. The monoisotopic (exact) mass is 318 g/mol. The van der Waals surface area contributed by atoms with Gasteiger partial charge in [-0.3, -0.25) is 29.0 Å². The smallest absolute Gasteiger partial charge is 0.317 e. The summed E-state index contributed by atoms with van der Waals surface area (Å²) in [7, 11) is 0. The van der Waals surface area contributed by atoms with E-state index in [2.05, 4.69) is 0 Å². The van der Waals surface area contributed by atoms with E-state index in [4.69, 9.17) is 21.7 Å². The van der Waals surface area contributed by atoms with Crippen molar-refractivity contribution in [3.8, 4) is 0 Å². The van der Waals surface area contributed by atoms with Gasteiger partial charge in [0.05, 0.1) is 26.2 Å². The summed E-state index contributed by atoms with van der Waals surface area (Å²) >= 11 is 0. The number of hydrogen-bond donors (Lipinski definition) is 4. The van der Waals surface area contributed by atoms with E-state index >= 15 is 0 Å². The van der Waals surface area contributed by atoms with Gasteiger partial charge in [0.2, 0.25) is 11.8 Å². The molecule has 0 aromatic heterocycles. The highest BCUT2D eigenvalue weighted by molar-refractivity contribution is 5.78. The predicted octanol–water partition coefficient (Wildman–Crippen LogP) is -2.49. The van der Waals surface area contributed by atoms with Crippen LogP contribution in [0.15, 0.2) is 0 Å². The fourth-order valence-corrected chi connectivity index (χ4v) is 2.05. The molecule has 10 heteroatoms. The summed E-state index contributed by atoms with van der Waals surface area (Å²) in [5.41, 5.74) is 10.2. The molecule has 6 N–H and O–H groups in total. The van der Waals surface area contributed by atoms with E-state index in [9.17, 15) is 19.2 Å². The normalized spacial score (nSPS) is 13.8. The zero-order chi connectivity index (χ0) is 17.4. The first kappa shape index (κ1) is 19.8. The Labute approximate surface area is 127 Å². The molecule has 0 saturated carbocycles. The molecular weight excluding hydrogens is 296 g/mol. The van der Waals surface area contributed by atoms with Crippen LogP contribution in [0, 0.1) is 0 Å². The van der Waals surface area contributed by atoms with Gasteiger partial charge in [-0.1, -0.05) is 0 Å². The summed E-state index contributed by atoms with van der Waals surface area (Å²) in [5.74, 6) is -3.72. The molecule has 2 amide bonds. The SMILES string of the molecule is CC(C(C)N(CC(N)=O)CC(=O)O)N(CC(N)=O)CC(=O)O. The average molecular weight is 318 g/mol. The average Bonchev–Trinajstić information content (AvgIpc) is 2.33. The van der Waals surface area contributed by atoms with Crippen molar-refractivity contribution in [3.05, 3.63) is 0 Å². The summed E-state index contributed by atoms with van der Waals surface area (Å²) in [6, 6.07) is -1.08.